The van der Waals surface area contributed by atoms with Crippen LogP contribution >= 0.6 is 0 Å². The maximum atomic E-state index is 13.5. The summed E-state index contributed by atoms with van der Waals surface area (Å²) in [5.74, 6) is 0.0233. The number of sulfonamides is 1. The van der Waals surface area contributed by atoms with Gasteiger partial charge in [0.15, 0.2) is 0 Å². The van der Waals surface area contributed by atoms with Crippen LogP contribution in [0.4, 0.5) is 4.39 Å². The molecule has 3 heterocycles. The summed E-state index contributed by atoms with van der Waals surface area (Å²) >= 11 is 0. The van der Waals surface area contributed by atoms with Crippen molar-refractivity contribution in [3.05, 3.63) is 54.5 Å². The van der Waals surface area contributed by atoms with E-state index in [0.717, 1.165) is 18.9 Å². The number of halogens is 1. The van der Waals surface area contributed by atoms with Crippen LogP contribution in [0, 0.1) is 5.82 Å². The van der Waals surface area contributed by atoms with E-state index in [1.165, 1.54) is 18.2 Å². The van der Waals surface area contributed by atoms with Crippen LogP contribution < -0.4 is 4.74 Å². The SMILES string of the molecule is O=S(=O)(c1cccc(F)c1)N1C2CCC1CC(Oc1ccccn1)C2. The predicted octanol–water partition coefficient (Wildman–Crippen LogP) is 2.98. The number of pyridine rings is 1. The van der Waals surface area contributed by atoms with Crippen molar-refractivity contribution >= 4 is 10.0 Å². The first-order valence-corrected chi connectivity index (χ1v) is 9.85. The van der Waals surface area contributed by atoms with Gasteiger partial charge in [-0.05, 0) is 37.1 Å². The lowest BCUT2D eigenvalue weighted by Crippen LogP contribution is -2.49. The average molecular weight is 362 g/mol. The van der Waals surface area contributed by atoms with E-state index in [0.29, 0.717) is 18.7 Å². The summed E-state index contributed by atoms with van der Waals surface area (Å²) < 4.78 is 46.9. The third-order valence-electron chi connectivity index (χ3n) is 4.92. The fourth-order valence-electron chi connectivity index (χ4n) is 3.91. The van der Waals surface area contributed by atoms with Gasteiger partial charge in [-0.3, -0.25) is 0 Å². The molecule has 0 spiro atoms. The Balaban J connectivity index is 1.54. The van der Waals surface area contributed by atoms with Crippen molar-refractivity contribution in [3.8, 4) is 5.88 Å². The van der Waals surface area contributed by atoms with E-state index in [4.69, 9.17) is 4.74 Å². The second-order valence-electron chi connectivity index (χ2n) is 6.56. The minimum Gasteiger partial charge on any atom is -0.474 e. The first-order valence-electron chi connectivity index (χ1n) is 8.41. The minimum absolute atomic E-state index is 0.0218. The molecule has 2 bridgehead atoms. The molecule has 1 aromatic carbocycles. The Labute approximate surface area is 146 Å². The summed E-state index contributed by atoms with van der Waals surface area (Å²) in [5, 5.41) is 0. The molecular formula is C18H19FN2O3S. The Hall–Kier alpha value is -1.99. The molecule has 2 saturated heterocycles. The predicted molar refractivity (Wildman–Crippen MR) is 90.1 cm³/mol. The molecule has 0 radical (unpaired) electrons. The first-order chi connectivity index (χ1) is 12.0. The standard InChI is InChI=1S/C18H19FN2O3S/c19-13-4-3-5-17(10-13)25(22,23)21-14-7-8-15(21)12-16(11-14)24-18-6-1-2-9-20-18/h1-6,9-10,14-16H,7-8,11-12H2. The average Bonchev–Trinajstić information content (AvgIpc) is 2.88. The Morgan fingerprint density at radius 2 is 1.84 bits per heavy atom. The third-order valence-corrected chi connectivity index (χ3v) is 6.92. The zero-order chi connectivity index (χ0) is 17.4. The number of nitrogens with zero attached hydrogens (tertiary/aromatic N) is 2. The summed E-state index contributed by atoms with van der Waals surface area (Å²) in [5.41, 5.74) is 0. The van der Waals surface area contributed by atoms with Crippen molar-refractivity contribution < 1.29 is 17.5 Å². The van der Waals surface area contributed by atoms with Crippen molar-refractivity contribution in [2.75, 3.05) is 0 Å². The Bertz CT molecular complexity index is 846. The highest BCUT2D eigenvalue weighted by molar-refractivity contribution is 7.89. The van der Waals surface area contributed by atoms with Gasteiger partial charge in [-0.25, -0.2) is 17.8 Å². The van der Waals surface area contributed by atoms with Gasteiger partial charge in [0.1, 0.15) is 11.9 Å². The Morgan fingerprint density at radius 1 is 1.08 bits per heavy atom. The van der Waals surface area contributed by atoms with Crippen LogP contribution in [0.5, 0.6) is 5.88 Å². The van der Waals surface area contributed by atoms with Crippen LogP contribution in [0.2, 0.25) is 0 Å². The lowest BCUT2D eigenvalue weighted by molar-refractivity contribution is 0.0918. The molecule has 2 aliphatic rings. The van der Waals surface area contributed by atoms with Crippen LogP contribution in [0.25, 0.3) is 0 Å². The summed E-state index contributed by atoms with van der Waals surface area (Å²) in [6.07, 6.45) is 4.49. The number of hydrogen-bond acceptors (Lipinski definition) is 4. The summed E-state index contributed by atoms with van der Waals surface area (Å²) in [6.45, 7) is 0. The fraction of sp³-hybridized carbons (Fsp3) is 0.389. The lowest BCUT2D eigenvalue weighted by Gasteiger charge is -2.37. The summed E-state index contributed by atoms with van der Waals surface area (Å²) in [4.78, 5) is 4.19. The van der Waals surface area contributed by atoms with Crippen LogP contribution in [0.15, 0.2) is 53.6 Å². The molecular weight excluding hydrogens is 343 g/mol. The van der Waals surface area contributed by atoms with Gasteiger partial charge in [-0.1, -0.05) is 12.1 Å². The second kappa shape index (κ2) is 6.38. The van der Waals surface area contributed by atoms with Crippen LogP contribution in [-0.2, 0) is 10.0 Å². The van der Waals surface area contributed by atoms with Crippen molar-refractivity contribution in [2.45, 2.75) is 48.8 Å². The van der Waals surface area contributed by atoms with Gasteiger partial charge >= 0.3 is 0 Å². The molecule has 1 aromatic heterocycles. The molecule has 2 aromatic rings. The first kappa shape index (κ1) is 16.5. The molecule has 4 rings (SSSR count). The van der Waals surface area contributed by atoms with E-state index in [9.17, 15) is 12.8 Å². The molecule has 132 valence electrons. The van der Waals surface area contributed by atoms with Gasteiger partial charge in [0.25, 0.3) is 0 Å². The number of fused-ring (bicyclic) bond motifs is 2. The molecule has 5 nitrogen and oxygen atoms in total. The molecule has 2 fully saturated rings. The number of hydrogen-bond donors (Lipinski definition) is 0. The topological polar surface area (TPSA) is 59.5 Å². The highest BCUT2D eigenvalue weighted by Gasteiger charge is 2.48. The highest BCUT2D eigenvalue weighted by Crippen LogP contribution is 2.40. The van der Waals surface area contributed by atoms with Crippen LogP contribution in [0.1, 0.15) is 25.7 Å². The van der Waals surface area contributed by atoms with Crippen molar-refractivity contribution in [3.63, 3.8) is 0 Å². The van der Waals surface area contributed by atoms with Crippen molar-refractivity contribution in [1.29, 1.82) is 0 Å². The molecule has 0 aliphatic carbocycles. The highest BCUT2D eigenvalue weighted by atomic mass is 32.2. The van der Waals surface area contributed by atoms with Crippen LogP contribution in [0.3, 0.4) is 0 Å². The van der Waals surface area contributed by atoms with E-state index in [1.54, 1.807) is 16.6 Å². The van der Waals surface area contributed by atoms with Gasteiger partial charge in [-0.15, -0.1) is 0 Å². The Morgan fingerprint density at radius 3 is 2.48 bits per heavy atom. The number of rotatable bonds is 4. The second-order valence-corrected chi connectivity index (χ2v) is 8.40. The van der Waals surface area contributed by atoms with E-state index >= 15 is 0 Å². The fourth-order valence-corrected chi connectivity index (χ4v) is 5.83. The molecule has 0 amide bonds. The molecule has 2 unspecified atom stereocenters. The van der Waals surface area contributed by atoms with E-state index < -0.39 is 15.8 Å². The van der Waals surface area contributed by atoms with Gasteiger partial charge in [0.2, 0.25) is 15.9 Å². The van der Waals surface area contributed by atoms with Crippen molar-refractivity contribution in [1.82, 2.24) is 9.29 Å². The quantitative estimate of drug-likeness (QED) is 0.839. The van der Waals surface area contributed by atoms with Gasteiger partial charge in [-0.2, -0.15) is 4.31 Å². The molecule has 25 heavy (non-hydrogen) atoms. The number of aromatic nitrogens is 1. The van der Waals surface area contributed by atoms with E-state index in [2.05, 4.69) is 4.98 Å². The Kier molecular flexibility index (Phi) is 4.21. The molecule has 2 aliphatic heterocycles. The monoisotopic (exact) mass is 362 g/mol. The van der Waals surface area contributed by atoms with Gasteiger partial charge in [0.05, 0.1) is 4.90 Å². The van der Waals surface area contributed by atoms with E-state index in [-0.39, 0.29) is 23.1 Å². The van der Waals surface area contributed by atoms with Crippen molar-refractivity contribution in [2.24, 2.45) is 0 Å². The molecule has 7 heteroatoms. The van der Waals surface area contributed by atoms with Gasteiger partial charge in [0, 0.05) is 37.2 Å². The zero-order valence-corrected chi connectivity index (χ0v) is 14.4. The molecule has 0 N–H and O–H groups in total. The van der Waals surface area contributed by atoms with Crippen LogP contribution in [-0.4, -0.2) is 35.9 Å². The molecule has 0 saturated carbocycles. The third kappa shape index (κ3) is 3.14. The summed E-state index contributed by atoms with van der Waals surface area (Å²) in [7, 11) is -3.69. The lowest BCUT2D eigenvalue weighted by atomic mass is 10.0. The largest absolute Gasteiger partial charge is 0.474 e. The maximum absolute atomic E-state index is 13.5. The number of ether oxygens (including phenoxy) is 1. The smallest absolute Gasteiger partial charge is 0.243 e. The normalized spacial score (nSPS) is 26.5. The van der Waals surface area contributed by atoms with Gasteiger partial charge < -0.3 is 4.74 Å². The minimum atomic E-state index is -3.69. The summed E-state index contributed by atoms with van der Waals surface area (Å²) in [6, 6.07) is 10.5. The number of benzene rings is 1. The number of piperidine rings is 1. The maximum Gasteiger partial charge on any atom is 0.243 e. The molecule has 2 atom stereocenters. The van der Waals surface area contributed by atoms with E-state index in [1.807, 2.05) is 12.1 Å². The zero-order valence-electron chi connectivity index (χ0n) is 13.6.